The van der Waals surface area contributed by atoms with Gasteiger partial charge in [0.15, 0.2) is 0 Å². The van der Waals surface area contributed by atoms with E-state index in [1.165, 1.54) is 12.1 Å². The van der Waals surface area contributed by atoms with Crippen LogP contribution in [0, 0.1) is 35.0 Å². The minimum atomic E-state index is -4.63. The van der Waals surface area contributed by atoms with Gasteiger partial charge in [-0.15, -0.1) is 0 Å². The fraction of sp³-hybridized carbons (Fsp3) is 0.654. The lowest BCUT2D eigenvalue weighted by Gasteiger charge is -2.37. The smallest absolute Gasteiger partial charge is 0.370 e. The molecule has 1 aromatic carbocycles. The molecule has 0 aliphatic carbocycles. The van der Waals surface area contributed by atoms with Crippen LogP contribution >= 0.6 is 0 Å². The summed E-state index contributed by atoms with van der Waals surface area (Å²) in [6, 6.07) is 5.37. The largest absolute Gasteiger partial charge is 0.417 e. The van der Waals surface area contributed by atoms with E-state index in [0.29, 0.717) is 38.4 Å². The Kier molecular flexibility index (Phi) is 8.68. The topological polar surface area (TPSA) is 76.4 Å². The lowest BCUT2D eigenvalue weighted by atomic mass is 9.78. The van der Waals surface area contributed by atoms with Crippen molar-refractivity contribution in [3.63, 3.8) is 0 Å². The SMILES string of the molecule is CCNC(=O)[C@@H]1CN(c2ccc(C#N)c(C(F)(F)F)c2)C[C@H]1C1CCN(C(=O)C(CC)CC)CC1. The lowest BCUT2D eigenvalue weighted by molar-refractivity contribution is -0.138. The first kappa shape index (κ1) is 26.8. The standard InChI is InChI=1S/C26H35F3N4O2/c1-4-17(5-2)25(35)32-11-9-18(10-12-32)21-15-33(16-22(21)24(34)31-6-3)20-8-7-19(14-30)23(13-20)26(27,28)29/h7-8,13,17-18,21-22H,4-6,9-12,15-16H2,1-3H3,(H,31,34)/t21-,22+/m0/s1. The van der Waals surface area contributed by atoms with E-state index in [0.717, 1.165) is 31.7 Å². The number of anilines is 1. The molecule has 0 bridgehead atoms. The van der Waals surface area contributed by atoms with Gasteiger partial charge in [0.05, 0.1) is 23.1 Å². The second-order valence-electron chi connectivity index (χ2n) is 9.59. The zero-order valence-corrected chi connectivity index (χ0v) is 20.7. The molecule has 2 saturated heterocycles. The van der Waals surface area contributed by atoms with E-state index in [-0.39, 0.29) is 35.5 Å². The molecule has 2 aliphatic heterocycles. The van der Waals surface area contributed by atoms with E-state index >= 15 is 0 Å². The lowest BCUT2D eigenvalue weighted by Crippen LogP contribution is -2.45. The maximum Gasteiger partial charge on any atom is 0.417 e. The summed E-state index contributed by atoms with van der Waals surface area (Å²) >= 11 is 0. The van der Waals surface area contributed by atoms with Crippen molar-refractivity contribution in [1.82, 2.24) is 10.2 Å². The van der Waals surface area contributed by atoms with E-state index in [1.54, 1.807) is 6.07 Å². The van der Waals surface area contributed by atoms with Crippen LogP contribution in [-0.4, -0.2) is 49.4 Å². The highest BCUT2D eigenvalue weighted by Crippen LogP contribution is 2.40. The Bertz CT molecular complexity index is 947. The van der Waals surface area contributed by atoms with Crippen LogP contribution in [0.4, 0.5) is 18.9 Å². The Labute approximate surface area is 205 Å². The van der Waals surface area contributed by atoms with Gasteiger partial charge in [-0.3, -0.25) is 9.59 Å². The molecule has 0 spiro atoms. The number of likely N-dealkylation sites (tertiary alicyclic amines) is 1. The minimum Gasteiger partial charge on any atom is -0.370 e. The van der Waals surface area contributed by atoms with Gasteiger partial charge in [0.25, 0.3) is 0 Å². The first-order valence-electron chi connectivity index (χ1n) is 12.6. The third-order valence-electron chi connectivity index (χ3n) is 7.64. The first-order valence-corrected chi connectivity index (χ1v) is 12.6. The molecular weight excluding hydrogens is 457 g/mol. The van der Waals surface area contributed by atoms with Gasteiger partial charge in [-0.2, -0.15) is 18.4 Å². The molecule has 6 nitrogen and oxygen atoms in total. The summed E-state index contributed by atoms with van der Waals surface area (Å²) in [6.07, 6.45) is -1.44. The summed E-state index contributed by atoms with van der Waals surface area (Å²) in [4.78, 5) is 29.5. The predicted octanol–water partition coefficient (Wildman–Crippen LogP) is 4.44. The van der Waals surface area contributed by atoms with Gasteiger partial charge in [0.2, 0.25) is 11.8 Å². The third-order valence-corrected chi connectivity index (χ3v) is 7.64. The van der Waals surface area contributed by atoms with Crippen LogP contribution in [0.5, 0.6) is 0 Å². The molecule has 35 heavy (non-hydrogen) atoms. The molecule has 0 unspecified atom stereocenters. The van der Waals surface area contributed by atoms with Crippen molar-refractivity contribution in [2.24, 2.45) is 23.7 Å². The number of benzene rings is 1. The van der Waals surface area contributed by atoms with Gasteiger partial charge in [-0.25, -0.2) is 0 Å². The first-order chi connectivity index (χ1) is 16.6. The second kappa shape index (κ2) is 11.3. The maximum atomic E-state index is 13.5. The minimum absolute atomic E-state index is 0.0167. The van der Waals surface area contributed by atoms with Gasteiger partial charge in [0.1, 0.15) is 0 Å². The van der Waals surface area contributed by atoms with Crippen molar-refractivity contribution in [2.75, 3.05) is 37.6 Å². The highest BCUT2D eigenvalue weighted by atomic mass is 19.4. The number of rotatable bonds is 7. The zero-order valence-electron chi connectivity index (χ0n) is 20.7. The summed E-state index contributed by atoms with van der Waals surface area (Å²) in [7, 11) is 0. The Morgan fingerprint density at radius 3 is 2.34 bits per heavy atom. The highest BCUT2D eigenvalue weighted by molar-refractivity contribution is 5.81. The molecular formula is C26H35F3N4O2. The van der Waals surface area contributed by atoms with Crippen molar-refractivity contribution >= 4 is 17.5 Å². The van der Waals surface area contributed by atoms with E-state index in [2.05, 4.69) is 5.32 Å². The number of alkyl halides is 3. The molecule has 2 amide bonds. The van der Waals surface area contributed by atoms with Crippen LogP contribution < -0.4 is 10.2 Å². The normalized spacial score (nSPS) is 21.3. The average Bonchev–Trinajstić information content (AvgIpc) is 3.30. The molecule has 1 N–H and O–H groups in total. The fourth-order valence-corrected chi connectivity index (χ4v) is 5.61. The summed E-state index contributed by atoms with van der Waals surface area (Å²) < 4.78 is 40.6. The molecule has 1 aromatic rings. The summed E-state index contributed by atoms with van der Waals surface area (Å²) in [5, 5.41) is 12.0. The molecule has 0 saturated carbocycles. The molecule has 0 radical (unpaired) electrons. The molecule has 2 aliphatic rings. The van der Waals surface area contributed by atoms with Crippen LogP contribution in [0.2, 0.25) is 0 Å². The van der Waals surface area contributed by atoms with E-state index < -0.39 is 17.3 Å². The van der Waals surface area contributed by atoms with Crippen molar-refractivity contribution < 1.29 is 22.8 Å². The number of halogens is 3. The van der Waals surface area contributed by atoms with Gasteiger partial charge in [-0.1, -0.05) is 13.8 Å². The fourth-order valence-electron chi connectivity index (χ4n) is 5.61. The molecule has 2 fully saturated rings. The maximum absolute atomic E-state index is 13.5. The van der Waals surface area contributed by atoms with Crippen molar-refractivity contribution in [2.45, 2.75) is 52.6 Å². The van der Waals surface area contributed by atoms with Crippen LogP contribution in [0.15, 0.2) is 18.2 Å². The molecule has 2 atom stereocenters. The van der Waals surface area contributed by atoms with Crippen LogP contribution in [-0.2, 0) is 15.8 Å². The second-order valence-corrected chi connectivity index (χ2v) is 9.59. The third kappa shape index (κ3) is 5.91. The van der Waals surface area contributed by atoms with Crippen LogP contribution in [0.25, 0.3) is 0 Å². The van der Waals surface area contributed by atoms with Crippen molar-refractivity contribution in [3.8, 4) is 6.07 Å². The Morgan fingerprint density at radius 2 is 1.80 bits per heavy atom. The quantitative estimate of drug-likeness (QED) is 0.611. The summed E-state index contributed by atoms with van der Waals surface area (Å²) in [5.74, 6) is -0.00273. The molecule has 0 aromatic heterocycles. The monoisotopic (exact) mass is 492 g/mol. The number of nitriles is 1. The number of carbonyl (C=O) groups excluding carboxylic acids is 2. The molecule has 9 heteroatoms. The number of nitrogens with zero attached hydrogens (tertiary/aromatic N) is 3. The van der Waals surface area contributed by atoms with Gasteiger partial charge < -0.3 is 15.1 Å². The number of carbonyl (C=O) groups is 2. The summed E-state index contributed by atoms with van der Waals surface area (Å²) in [5.41, 5.74) is -0.995. The van der Waals surface area contributed by atoms with Gasteiger partial charge in [-0.05, 0) is 62.6 Å². The molecule has 192 valence electrons. The number of piperidine rings is 1. The molecule has 3 rings (SSSR count). The van der Waals surface area contributed by atoms with Crippen LogP contribution in [0.1, 0.15) is 57.6 Å². The van der Waals surface area contributed by atoms with Gasteiger partial charge in [0, 0.05) is 44.3 Å². The molecule has 2 heterocycles. The van der Waals surface area contributed by atoms with E-state index in [9.17, 15) is 22.8 Å². The van der Waals surface area contributed by atoms with Gasteiger partial charge >= 0.3 is 6.18 Å². The van der Waals surface area contributed by atoms with Crippen LogP contribution in [0.3, 0.4) is 0 Å². The predicted molar refractivity (Wildman–Crippen MR) is 127 cm³/mol. The number of hydrogen-bond acceptors (Lipinski definition) is 4. The Hall–Kier alpha value is -2.76. The van der Waals surface area contributed by atoms with E-state index in [1.807, 2.05) is 30.6 Å². The Morgan fingerprint density at radius 1 is 1.14 bits per heavy atom. The zero-order chi connectivity index (χ0) is 25.8. The number of nitrogens with one attached hydrogen (secondary N) is 1. The summed E-state index contributed by atoms with van der Waals surface area (Å²) in [6.45, 7) is 8.47. The Balaban J connectivity index is 1.79. The number of amides is 2. The average molecular weight is 493 g/mol. The van der Waals surface area contributed by atoms with Crippen molar-refractivity contribution in [3.05, 3.63) is 29.3 Å². The highest BCUT2D eigenvalue weighted by Gasteiger charge is 2.43. The van der Waals surface area contributed by atoms with E-state index in [4.69, 9.17) is 5.26 Å². The van der Waals surface area contributed by atoms with Crippen molar-refractivity contribution in [1.29, 1.82) is 5.26 Å². The number of hydrogen-bond donors (Lipinski definition) is 1.